The van der Waals surface area contributed by atoms with E-state index in [9.17, 15) is 13.2 Å². The zero-order chi connectivity index (χ0) is 24.5. The molecule has 2 unspecified atom stereocenters. The average Bonchev–Trinajstić information content (AvgIpc) is 3.15. The van der Waals surface area contributed by atoms with E-state index in [2.05, 4.69) is 18.8 Å². The molecule has 1 aromatic heterocycles. The minimum absolute atomic E-state index is 0.189. The molecule has 10 heteroatoms. The zero-order valence-corrected chi connectivity index (χ0v) is 21.8. The van der Waals surface area contributed by atoms with E-state index in [0.717, 1.165) is 16.6 Å². The van der Waals surface area contributed by atoms with Crippen LogP contribution in [-0.2, 0) is 21.3 Å². The van der Waals surface area contributed by atoms with E-state index in [4.69, 9.17) is 16.3 Å². The number of carbonyl (C=O) groups excluding carboxylic acids is 1. The van der Waals surface area contributed by atoms with Gasteiger partial charge in [0.25, 0.3) is 5.91 Å². The highest BCUT2D eigenvalue weighted by atomic mass is 35.5. The van der Waals surface area contributed by atoms with Gasteiger partial charge in [-0.15, -0.1) is 0 Å². The van der Waals surface area contributed by atoms with Crippen LogP contribution in [0.3, 0.4) is 0 Å². The monoisotopic (exact) mass is 521 g/mol. The molecular formula is C24H28ClN3O4S2. The van der Waals surface area contributed by atoms with Crippen molar-refractivity contribution in [3.63, 3.8) is 0 Å². The van der Waals surface area contributed by atoms with Crippen molar-refractivity contribution in [2.45, 2.75) is 31.7 Å². The number of piperidine rings is 1. The first-order valence-electron chi connectivity index (χ1n) is 11.2. The van der Waals surface area contributed by atoms with Gasteiger partial charge < -0.3 is 9.30 Å². The smallest absolute Gasteiger partial charge is 0.279 e. The second kappa shape index (κ2) is 10.3. The number of nitrogens with zero attached hydrogens (tertiary/aromatic N) is 3. The normalized spacial score (nSPS) is 20.2. The fraction of sp³-hybridized carbons (Fsp3) is 0.417. The summed E-state index contributed by atoms with van der Waals surface area (Å²) >= 11 is 7.78. The zero-order valence-electron chi connectivity index (χ0n) is 19.4. The van der Waals surface area contributed by atoms with Crippen molar-refractivity contribution in [2.24, 2.45) is 16.8 Å². The molecule has 1 fully saturated rings. The lowest BCUT2D eigenvalue weighted by molar-refractivity contribution is 0.0997. The van der Waals surface area contributed by atoms with Gasteiger partial charge in [-0.05, 0) is 54.7 Å². The Morgan fingerprint density at radius 1 is 1.15 bits per heavy atom. The molecule has 4 rings (SSSR count). The lowest BCUT2D eigenvalue weighted by atomic mass is 9.94. The standard InChI is InChI=1S/C24H28ClN3O4S2/c1-16-13-17(2)15-27(14-16)34(30,31)19-9-7-18(8-10-19)23(29)26-24-28(11-12-32-3)22-20(25)5-4-6-21(22)33-24/h4-10,16-17H,11-15H2,1-3H3. The third kappa shape index (κ3) is 5.13. The third-order valence-corrected chi connectivity index (χ3v) is 9.14. The number of sulfonamides is 1. The molecule has 0 aliphatic carbocycles. The van der Waals surface area contributed by atoms with E-state index in [0.29, 0.717) is 53.5 Å². The minimum Gasteiger partial charge on any atom is -0.383 e. The Morgan fingerprint density at radius 2 is 1.82 bits per heavy atom. The summed E-state index contributed by atoms with van der Waals surface area (Å²) in [5.41, 5.74) is 1.13. The Balaban J connectivity index is 1.64. The summed E-state index contributed by atoms with van der Waals surface area (Å²) in [6.45, 7) is 6.11. The Kier molecular flexibility index (Phi) is 7.59. The van der Waals surface area contributed by atoms with Crippen molar-refractivity contribution in [3.05, 3.63) is 57.9 Å². The lowest BCUT2D eigenvalue weighted by Crippen LogP contribution is -2.42. The van der Waals surface area contributed by atoms with Gasteiger partial charge in [0.05, 0.1) is 26.7 Å². The highest BCUT2D eigenvalue weighted by Gasteiger charge is 2.31. The number of fused-ring (bicyclic) bond motifs is 1. The van der Waals surface area contributed by atoms with Crippen LogP contribution < -0.4 is 4.80 Å². The van der Waals surface area contributed by atoms with Crippen LogP contribution in [0, 0.1) is 11.8 Å². The fourth-order valence-corrected chi connectivity index (χ4v) is 7.53. The lowest BCUT2D eigenvalue weighted by Gasteiger charge is -2.34. The second-order valence-corrected chi connectivity index (χ2v) is 12.2. The molecule has 2 atom stereocenters. The maximum Gasteiger partial charge on any atom is 0.279 e. The summed E-state index contributed by atoms with van der Waals surface area (Å²) in [5.74, 6) is 0.189. The van der Waals surface area contributed by atoms with Crippen molar-refractivity contribution >= 4 is 49.1 Å². The molecule has 1 aliphatic rings. The summed E-state index contributed by atoms with van der Waals surface area (Å²) in [5, 5.41) is 0.578. The number of ether oxygens (including phenoxy) is 1. The largest absolute Gasteiger partial charge is 0.383 e. The van der Waals surface area contributed by atoms with Crippen LogP contribution in [0.1, 0.15) is 30.6 Å². The molecule has 182 valence electrons. The molecule has 2 aromatic carbocycles. The molecule has 3 aromatic rings. The number of carbonyl (C=O) groups is 1. The number of rotatable bonds is 6. The first-order valence-corrected chi connectivity index (χ1v) is 13.8. The predicted molar refractivity (Wildman–Crippen MR) is 135 cm³/mol. The minimum atomic E-state index is -3.61. The van der Waals surface area contributed by atoms with Crippen molar-refractivity contribution < 1.29 is 17.9 Å². The van der Waals surface area contributed by atoms with E-state index in [1.54, 1.807) is 17.5 Å². The van der Waals surface area contributed by atoms with E-state index < -0.39 is 15.9 Å². The topological polar surface area (TPSA) is 81.0 Å². The van der Waals surface area contributed by atoms with Gasteiger partial charge in [0, 0.05) is 32.3 Å². The maximum absolute atomic E-state index is 13.1. The highest BCUT2D eigenvalue weighted by Crippen LogP contribution is 2.27. The van der Waals surface area contributed by atoms with Gasteiger partial charge in [-0.3, -0.25) is 4.79 Å². The number of benzene rings is 2. The summed E-state index contributed by atoms with van der Waals surface area (Å²) in [6, 6.07) is 11.6. The molecule has 0 spiro atoms. The molecule has 0 bridgehead atoms. The van der Waals surface area contributed by atoms with Crippen LogP contribution in [-0.4, -0.2) is 50.0 Å². The van der Waals surface area contributed by atoms with E-state index in [1.165, 1.54) is 35.6 Å². The molecule has 1 amide bonds. The molecule has 0 N–H and O–H groups in total. The third-order valence-electron chi connectivity index (χ3n) is 5.94. The molecule has 1 saturated heterocycles. The Morgan fingerprint density at radius 3 is 2.47 bits per heavy atom. The van der Waals surface area contributed by atoms with Gasteiger partial charge in [0.15, 0.2) is 4.80 Å². The number of thiazole rings is 1. The summed E-state index contributed by atoms with van der Waals surface area (Å²) in [6.07, 6.45) is 1.02. The van der Waals surface area contributed by atoms with Gasteiger partial charge >= 0.3 is 0 Å². The summed E-state index contributed by atoms with van der Waals surface area (Å²) in [7, 11) is -2.00. The van der Waals surface area contributed by atoms with Gasteiger partial charge in [0.1, 0.15) is 0 Å². The number of hydrogen-bond acceptors (Lipinski definition) is 5. The number of amides is 1. The summed E-state index contributed by atoms with van der Waals surface area (Å²) in [4.78, 5) is 18.0. The van der Waals surface area contributed by atoms with Crippen LogP contribution >= 0.6 is 22.9 Å². The Bertz CT molecular complexity index is 1350. The molecule has 0 radical (unpaired) electrons. The summed E-state index contributed by atoms with van der Waals surface area (Å²) < 4.78 is 35.8. The van der Waals surface area contributed by atoms with E-state index in [-0.39, 0.29) is 4.90 Å². The number of halogens is 1. The number of aromatic nitrogens is 1. The van der Waals surface area contributed by atoms with Crippen molar-refractivity contribution in [1.82, 2.24) is 8.87 Å². The quantitative estimate of drug-likeness (QED) is 0.481. The van der Waals surface area contributed by atoms with Crippen LogP contribution in [0.25, 0.3) is 10.2 Å². The highest BCUT2D eigenvalue weighted by molar-refractivity contribution is 7.89. The Hall–Kier alpha value is -2.04. The van der Waals surface area contributed by atoms with Crippen molar-refractivity contribution in [3.8, 4) is 0 Å². The molecular weight excluding hydrogens is 494 g/mol. The fourth-order valence-electron chi connectivity index (χ4n) is 4.43. The molecule has 2 heterocycles. The average molecular weight is 522 g/mol. The van der Waals surface area contributed by atoms with Crippen molar-refractivity contribution in [2.75, 3.05) is 26.8 Å². The van der Waals surface area contributed by atoms with Crippen molar-refractivity contribution in [1.29, 1.82) is 0 Å². The van der Waals surface area contributed by atoms with Gasteiger partial charge in [0.2, 0.25) is 10.0 Å². The number of hydrogen-bond donors (Lipinski definition) is 0. The first kappa shape index (κ1) is 25.1. The van der Waals surface area contributed by atoms with Crippen LogP contribution in [0.15, 0.2) is 52.4 Å². The van der Waals surface area contributed by atoms with Crippen LogP contribution in [0.2, 0.25) is 5.02 Å². The van der Waals surface area contributed by atoms with Gasteiger partial charge in [-0.1, -0.05) is 42.9 Å². The first-order chi connectivity index (χ1) is 16.2. The SMILES string of the molecule is COCCn1c(=NC(=O)c2ccc(S(=O)(=O)N3CC(C)CC(C)C3)cc2)sc2cccc(Cl)c21. The number of methoxy groups -OCH3 is 1. The molecule has 7 nitrogen and oxygen atoms in total. The van der Waals surface area contributed by atoms with Crippen LogP contribution in [0.5, 0.6) is 0 Å². The maximum atomic E-state index is 13.1. The van der Waals surface area contributed by atoms with E-state index >= 15 is 0 Å². The van der Waals surface area contributed by atoms with Gasteiger partial charge in [-0.25, -0.2) is 8.42 Å². The van der Waals surface area contributed by atoms with E-state index in [1.807, 2.05) is 16.7 Å². The predicted octanol–water partition coefficient (Wildman–Crippen LogP) is 4.41. The van der Waals surface area contributed by atoms with Crippen LogP contribution in [0.4, 0.5) is 0 Å². The Labute approximate surface area is 208 Å². The number of para-hydroxylation sites is 1. The second-order valence-electron chi connectivity index (χ2n) is 8.83. The molecule has 34 heavy (non-hydrogen) atoms. The van der Waals surface area contributed by atoms with Gasteiger partial charge in [-0.2, -0.15) is 9.30 Å². The molecule has 1 aliphatic heterocycles. The molecule has 0 saturated carbocycles.